The first kappa shape index (κ1) is 19.4. The molecule has 7 heteroatoms. The number of carboxylic acid groups (broad SMARTS) is 1. The number of amides is 1. The van der Waals surface area contributed by atoms with Crippen molar-refractivity contribution in [1.29, 1.82) is 0 Å². The number of H-pyrrole nitrogens is 1. The summed E-state index contributed by atoms with van der Waals surface area (Å²) < 4.78 is 0. The van der Waals surface area contributed by atoms with Gasteiger partial charge in [0.1, 0.15) is 5.65 Å². The third-order valence-electron chi connectivity index (χ3n) is 5.60. The quantitative estimate of drug-likeness (QED) is 0.570. The van der Waals surface area contributed by atoms with E-state index < -0.39 is 5.97 Å². The summed E-state index contributed by atoms with van der Waals surface area (Å²) >= 11 is 0. The molecule has 146 valence electrons. The van der Waals surface area contributed by atoms with Gasteiger partial charge in [0.25, 0.3) is 0 Å². The van der Waals surface area contributed by atoms with Crippen molar-refractivity contribution < 1.29 is 14.7 Å². The van der Waals surface area contributed by atoms with Gasteiger partial charge in [-0.25, -0.2) is 9.78 Å². The number of nitrogens with zero attached hydrogens (tertiary/aromatic N) is 1. The molecule has 2 unspecified atom stereocenters. The van der Waals surface area contributed by atoms with Crippen LogP contribution < -0.4 is 10.6 Å². The molecule has 1 saturated carbocycles. The van der Waals surface area contributed by atoms with Crippen molar-refractivity contribution >= 4 is 22.9 Å². The van der Waals surface area contributed by atoms with E-state index in [1.165, 1.54) is 19.0 Å². The maximum absolute atomic E-state index is 12.8. The van der Waals surface area contributed by atoms with Crippen molar-refractivity contribution in [2.75, 3.05) is 0 Å². The van der Waals surface area contributed by atoms with Gasteiger partial charge in [-0.05, 0) is 30.4 Å². The van der Waals surface area contributed by atoms with Gasteiger partial charge in [-0.15, -0.1) is 0 Å². The molecule has 2 aromatic rings. The van der Waals surface area contributed by atoms with Crippen LogP contribution in [0.15, 0.2) is 18.5 Å². The summed E-state index contributed by atoms with van der Waals surface area (Å²) in [6, 6.07) is 1.77. The van der Waals surface area contributed by atoms with Crippen LogP contribution in [-0.4, -0.2) is 39.0 Å². The Bertz CT molecular complexity index is 811. The third-order valence-corrected chi connectivity index (χ3v) is 5.60. The van der Waals surface area contributed by atoms with Gasteiger partial charge >= 0.3 is 5.97 Å². The van der Waals surface area contributed by atoms with E-state index in [4.69, 9.17) is 0 Å². The lowest BCUT2D eigenvalue weighted by molar-refractivity contribution is -0.125. The maximum atomic E-state index is 12.8. The summed E-state index contributed by atoms with van der Waals surface area (Å²) in [4.78, 5) is 31.4. The van der Waals surface area contributed by atoms with Crippen LogP contribution >= 0.6 is 0 Å². The Morgan fingerprint density at radius 1 is 1.37 bits per heavy atom. The standard InChI is InChI=1S/C20H28N4O3/c1-3-12(2)17(19(25)24-14-6-4-5-7-14)22-10-13-8-9-21-18-16(13)15(11-23-18)20(26)27/h8-9,11-12,14,17,22H,3-7,10H2,1-2H3,(H,21,23)(H,24,25)(H,26,27). The molecule has 4 N–H and O–H groups in total. The van der Waals surface area contributed by atoms with Gasteiger partial charge in [0.05, 0.1) is 11.6 Å². The summed E-state index contributed by atoms with van der Waals surface area (Å²) in [7, 11) is 0. The normalized spacial score (nSPS) is 17.1. The van der Waals surface area contributed by atoms with E-state index >= 15 is 0 Å². The van der Waals surface area contributed by atoms with Crippen molar-refractivity contribution in [2.24, 2.45) is 5.92 Å². The summed E-state index contributed by atoms with van der Waals surface area (Å²) in [5.74, 6) is -0.782. The lowest BCUT2D eigenvalue weighted by Gasteiger charge is -2.25. The number of hydrogen-bond donors (Lipinski definition) is 4. The average molecular weight is 372 g/mol. The maximum Gasteiger partial charge on any atom is 0.337 e. The van der Waals surface area contributed by atoms with Gasteiger partial charge in [0, 0.05) is 30.4 Å². The van der Waals surface area contributed by atoms with Gasteiger partial charge in [-0.1, -0.05) is 33.1 Å². The number of carboxylic acids is 1. The minimum absolute atomic E-state index is 0.0362. The van der Waals surface area contributed by atoms with Crippen molar-refractivity contribution in [2.45, 2.75) is 64.6 Å². The Morgan fingerprint density at radius 2 is 2.11 bits per heavy atom. The number of carbonyl (C=O) groups excluding carboxylic acids is 1. The molecule has 0 aliphatic heterocycles. The number of hydrogen-bond acceptors (Lipinski definition) is 4. The largest absolute Gasteiger partial charge is 0.478 e. The fraction of sp³-hybridized carbons (Fsp3) is 0.550. The first-order chi connectivity index (χ1) is 13.0. The monoisotopic (exact) mass is 372 g/mol. The first-order valence-electron chi connectivity index (χ1n) is 9.73. The molecule has 3 rings (SSSR count). The van der Waals surface area contributed by atoms with Gasteiger partial charge in [-0.3, -0.25) is 4.79 Å². The summed E-state index contributed by atoms with van der Waals surface area (Å²) in [5.41, 5.74) is 1.56. The SMILES string of the molecule is CCC(C)C(NCc1ccnc2[nH]cc(C(=O)O)c12)C(=O)NC1CCCC1. The number of nitrogens with one attached hydrogen (secondary N) is 3. The van der Waals surface area contributed by atoms with E-state index in [-0.39, 0.29) is 29.5 Å². The van der Waals surface area contributed by atoms with E-state index in [9.17, 15) is 14.7 Å². The van der Waals surface area contributed by atoms with Gasteiger partial charge < -0.3 is 20.7 Å². The van der Waals surface area contributed by atoms with E-state index in [0.717, 1.165) is 24.8 Å². The lowest BCUT2D eigenvalue weighted by Crippen LogP contribution is -2.50. The molecule has 2 heterocycles. The van der Waals surface area contributed by atoms with E-state index in [1.54, 1.807) is 12.3 Å². The summed E-state index contributed by atoms with van der Waals surface area (Å²) in [6.07, 6.45) is 8.44. The van der Waals surface area contributed by atoms with Crippen molar-refractivity contribution in [3.8, 4) is 0 Å². The van der Waals surface area contributed by atoms with Crippen molar-refractivity contribution in [3.63, 3.8) is 0 Å². The molecule has 1 fully saturated rings. The molecule has 0 radical (unpaired) electrons. The molecule has 7 nitrogen and oxygen atoms in total. The number of aromatic amines is 1. The molecular formula is C20H28N4O3. The number of rotatable bonds is 8. The van der Waals surface area contributed by atoms with E-state index in [2.05, 4.69) is 34.4 Å². The zero-order valence-electron chi connectivity index (χ0n) is 15.9. The molecule has 1 aliphatic rings. The average Bonchev–Trinajstić information content (AvgIpc) is 3.31. The zero-order chi connectivity index (χ0) is 19.4. The molecule has 0 bridgehead atoms. The minimum atomic E-state index is -0.993. The first-order valence-corrected chi connectivity index (χ1v) is 9.73. The topological polar surface area (TPSA) is 107 Å². The zero-order valence-corrected chi connectivity index (χ0v) is 15.9. The van der Waals surface area contributed by atoms with E-state index in [1.807, 2.05) is 0 Å². The molecule has 27 heavy (non-hydrogen) atoms. The molecule has 2 aromatic heterocycles. The smallest absolute Gasteiger partial charge is 0.337 e. The third kappa shape index (κ3) is 4.30. The van der Waals surface area contributed by atoms with Crippen LogP contribution in [0.3, 0.4) is 0 Å². The Kier molecular flexibility index (Phi) is 6.11. The second-order valence-electron chi connectivity index (χ2n) is 7.44. The highest BCUT2D eigenvalue weighted by Gasteiger charge is 2.27. The lowest BCUT2D eigenvalue weighted by atomic mass is 9.97. The second kappa shape index (κ2) is 8.52. The molecule has 0 saturated heterocycles. The van der Waals surface area contributed by atoms with Crippen LogP contribution in [-0.2, 0) is 11.3 Å². The number of aromatic nitrogens is 2. The van der Waals surface area contributed by atoms with Crippen LogP contribution in [0, 0.1) is 5.92 Å². The second-order valence-corrected chi connectivity index (χ2v) is 7.44. The fourth-order valence-corrected chi connectivity index (χ4v) is 3.81. The van der Waals surface area contributed by atoms with E-state index in [0.29, 0.717) is 17.6 Å². The van der Waals surface area contributed by atoms with Gasteiger partial charge in [0.2, 0.25) is 5.91 Å². The Balaban J connectivity index is 1.77. The Labute approximate surface area is 158 Å². The van der Waals surface area contributed by atoms with Gasteiger partial charge in [0.15, 0.2) is 0 Å². The molecule has 2 atom stereocenters. The summed E-state index contributed by atoms with van der Waals surface area (Å²) in [6.45, 7) is 4.54. The number of fused-ring (bicyclic) bond motifs is 1. The highest BCUT2D eigenvalue weighted by Crippen LogP contribution is 2.22. The van der Waals surface area contributed by atoms with Crippen LogP contribution in [0.4, 0.5) is 0 Å². The van der Waals surface area contributed by atoms with Crippen LogP contribution in [0.5, 0.6) is 0 Å². The Hall–Kier alpha value is -2.41. The summed E-state index contributed by atoms with van der Waals surface area (Å²) in [5, 5.41) is 16.5. The van der Waals surface area contributed by atoms with Gasteiger partial charge in [-0.2, -0.15) is 0 Å². The van der Waals surface area contributed by atoms with Crippen molar-refractivity contribution in [3.05, 3.63) is 29.6 Å². The highest BCUT2D eigenvalue weighted by atomic mass is 16.4. The number of aromatic carboxylic acids is 1. The molecule has 1 amide bonds. The minimum Gasteiger partial charge on any atom is -0.478 e. The molecule has 1 aliphatic carbocycles. The fourth-order valence-electron chi connectivity index (χ4n) is 3.81. The number of pyridine rings is 1. The molecular weight excluding hydrogens is 344 g/mol. The highest BCUT2D eigenvalue weighted by molar-refractivity contribution is 6.03. The van der Waals surface area contributed by atoms with Crippen LogP contribution in [0.1, 0.15) is 61.9 Å². The molecule has 0 spiro atoms. The predicted octanol–water partition coefficient (Wildman–Crippen LogP) is 2.82. The predicted molar refractivity (Wildman–Crippen MR) is 104 cm³/mol. The molecule has 0 aromatic carbocycles. The Morgan fingerprint density at radius 3 is 2.78 bits per heavy atom. The number of carbonyl (C=O) groups is 2. The van der Waals surface area contributed by atoms with Crippen molar-refractivity contribution in [1.82, 2.24) is 20.6 Å². The van der Waals surface area contributed by atoms with Crippen LogP contribution in [0.25, 0.3) is 11.0 Å². The van der Waals surface area contributed by atoms with Crippen LogP contribution in [0.2, 0.25) is 0 Å².